The summed E-state index contributed by atoms with van der Waals surface area (Å²) in [4.78, 5) is 0. The van der Waals surface area contributed by atoms with Gasteiger partial charge in [-0.3, -0.25) is 0 Å². The van der Waals surface area contributed by atoms with Crippen LogP contribution in [0, 0.1) is 0 Å². The fourth-order valence-corrected chi connectivity index (χ4v) is 2.59. The van der Waals surface area contributed by atoms with Gasteiger partial charge in [0.1, 0.15) is 12.2 Å². The molecule has 0 saturated heterocycles. The van der Waals surface area contributed by atoms with Crippen molar-refractivity contribution in [2.45, 2.75) is 31.7 Å². The molecule has 0 spiro atoms. The fourth-order valence-electron chi connectivity index (χ4n) is 2.59. The highest BCUT2D eigenvalue weighted by Gasteiger charge is 2.34. The summed E-state index contributed by atoms with van der Waals surface area (Å²) in [5, 5.41) is 0. The maximum Gasteiger partial charge on any atom is 0.228 e. The lowest BCUT2D eigenvalue weighted by atomic mass is 10.1. The standard InChI is InChI=1S/C20H22O4/c1-21-20-19(24-15-17-10-6-3-7-11-17)18(12-13-22-20)23-14-16-8-4-2-5-9-16/h2-13,18-20H,14-15H2,1H3/t18-,19+,20-/m0/s1. The maximum atomic E-state index is 6.05. The minimum atomic E-state index is -0.487. The van der Waals surface area contributed by atoms with Gasteiger partial charge in [0.2, 0.25) is 6.29 Å². The molecule has 126 valence electrons. The first-order valence-corrected chi connectivity index (χ1v) is 8.03. The lowest BCUT2D eigenvalue weighted by Crippen LogP contribution is -2.44. The monoisotopic (exact) mass is 326 g/mol. The molecule has 0 radical (unpaired) electrons. The van der Waals surface area contributed by atoms with E-state index in [0.29, 0.717) is 13.2 Å². The summed E-state index contributed by atoms with van der Waals surface area (Å²) >= 11 is 0. The summed E-state index contributed by atoms with van der Waals surface area (Å²) in [6.45, 7) is 0.991. The Labute approximate surface area is 142 Å². The molecule has 4 nitrogen and oxygen atoms in total. The van der Waals surface area contributed by atoms with Crippen molar-refractivity contribution < 1.29 is 18.9 Å². The van der Waals surface area contributed by atoms with E-state index in [2.05, 4.69) is 0 Å². The molecule has 1 aliphatic rings. The molecule has 0 bridgehead atoms. The molecule has 0 unspecified atom stereocenters. The van der Waals surface area contributed by atoms with Crippen molar-refractivity contribution in [3.63, 3.8) is 0 Å². The van der Waals surface area contributed by atoms with E-state index in [4.69, 9.17) is 18.9 Å². The Morgan fingerprint density at radius 3 is 2.00 bits per heavy atom. The second kappa shape index (κ2) is 8.64. The zero-order valence-electron chi connectivity index (χ0n) is 13.7. The van der Waals surface area contributed by atoms with Gasteiger partial charge in [-0.1, -0.05) is 60.7 Å². The molecule has 3 rings (SSSR count). The summed E-state index contributed by atoms with van der Waals surface area (Å²) in [5.41, 5.74) is 2.22. The van der Waals surface area contributed by atoms with Crippen molar-refractivity contribution in [3.05, 3.63) is 84.1 Å². The molecule has 0 amide bonds. The third-order valence-corrected chi connectivity index (χ3v) is 3.88. The van der Waals surface area contributed by atoms with Crippen LogP contribution in [0.2, 0.25) is 0 Å². The van der Waals surface area contributed by atoms with Crippen LogP contribution in [0.4, 0.5) is 0 Å². The lowest BCUT2D eigenvalue weighted by molar-refractivity contribution is -0.213. The van der Waals surface area contributed by atoms with Crippen LogP contribution in [-0.2, 0) is 32.2 Å². The Morgan fingerprint density at radius 1 is 0.833 bits per heavy atom. The molecular weight excluding hydrogens is 304 g/mol. The van der Waals surface area contributed by atoms with Gasteiger partial charge in [0.05, 0.1) is 19.5 Å². The van der Waals surface area contributed by atoms with Gasteiger partial charge in [0.25, 0.3) is 0 Å². The van der Waals surface area contributed by atoms with Gasteiger partial charge in [0, 0.05) is 7.11 Å². The van der Waals surface area contributed by atoms with Crippen LogP contribution < -0.4 is 0 Å². The van der Waals surface area contributed by atoms with Crippen LogP contribution in [0.5, 0.6) is 0 Å². The summed E-state index contributed by atoms with van der Waals surface area (Å²) in [7, 11) is 1.61. The first kappa shape index (κ1) is 16.7. The van der Waals surface area contributed by atoms with Crippen LogP contribution in [0.15, 0.2) is 73.0 Å². The van der Waals surface area contributed by atoms with Crippen molar-refractivity contribution in [2.75, 3.05) is 7.11 Å². The molecule has 1 heterocycles. The summed E-state index contributed by atoms with van der Waals surface area (Å²) < 4.78 is 23.0. The normalized spacial score (nSPS) is 23.0. The van der Waals surface area contributed by atoms with E-state index in [-0.39, 0.29) is 12.2 Å². The average molecular weight is 326 g/mol. The third-order valence-electron chi connectivity index (χ3n) is 3.88. The number of rotatable bonds is 7. The van der Waals surface area contributed by atoms with Gasteiger partial charge in [-0.25, -0.2) is 0 Å². The Balaban J connectivity index is 1.63. The predicted molar refractivity (Wildman–Crippen MR) is 91.1 cm³/mol. The Hall–Kier alpha value is -2.14. The fraction of sp³-hybridized carbons (Fsp3) is 0.300. The summed E-state index contributed by atoms with van der Waals surface area (Å²) in [6, 6.07) is 20.1. The van der Waals surface area contributed by atoms with E-state index in [0.717, 1.165) is 11.1 Å². The SMILES string of the molecule is CO[C@H]1OC=C[C@H](OCc2ccccc2)[C@H]1OCc1ccccc1. The first-order valence-electron chi connectivity index (χ1n) is 8.03. The smallest absolute Gasteiger partial charge is 0.228 e. The average Bonchev–Trinajstić information content (AvgIpc) is 2.66. The van der Waals surface area contributed by atoms with Crippen molar-refractivity contribution in [1.82, 2.24) is 0 Å². The van der Waals surface area contributed by atoms with Crippen molar-refractivity contribution in [1.29, 1.82) is 0 Å². The van der Waals surface area contributed by atoms with E-state index in [1.165, 1.54) is 0 Å². The molecule has 2 aromatic carbocycles. The summed E-state index contributed by atoms with van der Waals surface area (Å²) in [5.74, 6) is 0. The third kappa shape index (κ3) is 4.45. The van der Waals surface area contributed by atoms with Gasteiger partial charge in [-0.2, -0.15) is 0 Å². The minimum absolute atomic E-state index is 0.229. The van der Waals surface area contributed by atoms with Gasteiger partial charge in [-0.05, 0) is 17.2 Å². The molecule has 3 atom stereocenters. The molecule has 1 aliphatic heterocycles. The van der Waals surface area contributed by atoms with E-state index in [9.17, 15) is 0 Å². The Bertz CT molecular complexity index is 627. The van der Waals surface area contributed by atoms with Gasteiger partial charge in [-0.15, -0.1) is 0 Å². The molecule has 0 aliphatic carbocycles. The number of methoxy groups -OCH3 is 1. The van der Waals surface area contributed by atoms with Crippen molar-refractivity contribution in [3.8, 4) is 0 Å². The van der Waals surface area contributed by atoms with Crippen LogP contribution in [0.25, 0.3) is 0 Å². The number of hydrogen-bond acceptors (Lipinski definition) is 4. The van der Waals surface area contributed by atoms with Crippen LogP contribution >= 0.6 is 0 Å². The van der Waals surface area contributed by atoms with Gasteiger partial charge in [0.15, 0.2) is 0 Å². The van der Waals surface area contributed by atoms with Crippen molar-refractivity contribution >= 4 is 0 Å². The molecule has 0 saturated carbocycles. The van der Waals surface area contributed by atoms with Crippen LogP contribution in [0.3, 0.4) is 0 Å². The van der Waals surface area contributed by atoms with Crippen molar-refractivity contribution in [2.24, 2.45) is 0 Å². The highest BCUT2D eigenvalue weighted by Crippen LogP contribution is 2.22. The Morgan fingerprint density at radius 2 is 1.42 bits per heavy atom. The van der Waals surface area contributed by atoms with E-state index < -0.39 is 6.29 Å². The first-order chi connectivity index (χ1) is 11.9. The van der Waals surface area contributed by atoms with Gasteiger partial charge >= 0.3 is 0 Å². The topological polar surface area (TPSA) is 36.9 Å². The predicted octanol–water partition coefficient (Wildman–Crippen LogP) is 3.67. The Kier molecular flexibility index (Phi) is 6.01. The maximum absolute atomic E-state index is 6.05. The minimum Gasteiger partial charge on any atom is -0.470 e. The second-order valence-corrected chi connectivity index (χ2v) is 5.59. The van der Waals surface area contributed by atoms with Crippen LogP contribution in [-0.4, -0.2) is 25.6 Å². The molecule has 0 aromatic heterocycles. The van der Waals surface area contributed by atoms with Gasteiger partial charge < -0.3 is 18.9 Å². The van der Waals surface area contributed by atoms with E-state index in [1.807, 2.05) is 66.7 Å². The lowest BCUT2D eigenvalue weighted by Gasteiger charge is -2.33. The molecule has 2 aromatic rings. The highest BCUT2D eigenvalue weighted by molar-refractivity contribution is 5.14. The number of hydrogen-bond donors (Lipinski definition) is 0. The zero-order chi connectivity index (χ0) is 16.6. The number of ether oxygens (including phenoxy) is 4. The molecule has 0 fully saturated rings. The molecular formula is C20H22O4. The zero-order valence-corrected chi connectivity index (χ0v) is 13.7. The molecule has 4 heteroatoms. The highest BCUT2D eigenvalue weighted by atomic mass is 16.7. The van der Waals surface area contributed by atoms with E-state index >= 15 is 0 Å². The second-order valence-electron chi connectivity index (χ2n) is 5.59. The van der Waals surface area contributed by atoms with Crippen LogP contribution in [0.1, 0.15) is 11.1 Å². The van der Waals surface area contributed by atoms with E-state index in [1.54, 1.807) is 13.4 Å². The molecule has 24 heavy (non-hydrogen) atoms. The summed E-state index contributed by atoms with van der Waals surface area (Å²) in [6.07, 6.45) is 2.44. The quantitative estimate of drug-likeness (QED) is 0.778. The number of benzene rings is 2. The largest absolute Gasteiger partial charge is 0.470 e. The molecule has 0 N–H and O–H groups in total.